The van der Waals surface area contributed by atoms with E-state index in [2.05, 4.69) is 15.6 Å². The van der Waals surface area contributed by atoms with Gasteiger partial charge in [0, 0.05) is 25.4 Å². The fraction of sp³-hybridized carbons (Fsp3) is 0.538. The smallest absolute Gasteiger partial charge is 0.224 e. The Morgan fingerprint density at radius 2 is 2.42 bits per heavy atom. The number of aromatic nitrogens is 1. The van der Waals surface area contributed by atoms with Crippen LogP contribution in [0.3, 0.4) is 0 Å². The SMILES string of the molecule is COc1ccc(CNC(=O)[C@@H]2CCCNC2)cn1.Cl. The summed E-state index contributed by atoms with van der Waals surface area (Å²) >= 11 is 0. The van der Waals surface area contributed by atoms with E-state index in [1.54, 1.807) is 19.4 Å². The number of nitrogens with one attached hydrogen (secondary N) is 2. The number of methoxy groups -OCH3 is 1. The van der Waals surface area contributed by atoms with Gasteiger partial charge < -0.3 is 15.4 Å². The number of ether oxygens (including phenoxy) is 1. The number of halogens is 1. The quantitative estimate of drug-likeness (QED) is 0.870. The minimum absolute atomic E-state index is 0. The van der Waals surface area contributed by atoms with Crippen molar-refractivity contribution in [2.24, 2.45) is 5.92 Å². The molecule has 1 aliphatic heterocycles. The average Bonchev–Trinajstić information content (AvgIpc) is 2.46. The van der Waals surface area contributed by atoms with Crippen molar-refractivity contribution >= 4 is 18.3 Å². The maximum atomic E-state index is 11.9. The minimum atomic E-state index is 0. The van der Waals surface area contributed by atoms with E-state index in [0.29, 0.717) is 12.4 Å². The summed E-state index contributed by atoms with van der Waals surface area (Å²) in [6, 6.07) is 3.70. The number of carbonyl (C=O) groups is 1. The molecule has 106 valence electrons. The molecule has 2 rings (SSSR count). The predicted octanol–water partition coefficient (Wildman–Crippen LogP) is 1.13. The summed E-state index contributed by atoms with van der Waals surface area (Å²) in [6.07, 6.45) is 3.76. The van der Waals surface area contributed by atoms with Crippen LogP contribution >= 0.6 is 12.4 Å². The van der Waals surface area contributed by atoms with Gasteiger partial charge in [-0.3, -0.25) is 4.79 Å². The molecule has 0 unspecified atom stereocenters. The van der Waals surface area contributed by atoms with Gasteiger partial charge in [-0.05, 0) is 24.9 Å². The normalized spacial score (nSPS) is 18.3. The number of carbonyl (C=O) groups excluding carboxylic acids is 1. The molecule has 2 N–H and O–H groups in total. The van der Waals surface area contributed by atoms with E-state index in [4.69, 9.17) is 4.74 Å². The molecule has 5 nitrogen and oxygen atoms in total. The summed E-state index contributed by atoms with van der Waals surface area (Å²) in [6.45, 7) is 2.32. The predicted molar refractivity (Wildman–Crippen MR) is 75.5 cm³/mol. The standard InChI is InChI=1S/C13H19N3O2.ClH/c1-18-12-5-4-10(7-15-12)8-16-13(17)11-3-2-6-14-9-11;/h4-5,7,11,14H,2-3,6,8-9H2,1H3,(H,16,17);1H/t11-;/m1./s1. The van der Waals surface area contributed by atoms with Crippen LogP contribution in [0.1, 0.15) is 18.4 Å². The van der Waals surface area contributed by atoms with Gasteiger partial charge in [0.25, 0.3) is 0 Å². The zero-order valence-corrected chi connectivity index (χ0v) is 11.8. The van der Waals surface area contributed by atoms with Gasteiger partial charge in [0.15, 0.2) is 0 Å². The number of hydrogen-bond donors (Lipinski definition) is 2. The van der Waals surface area contributed by atoms with Crippen molar-refractivity contribution in [3.8, 4) is 5.88 Å². The van der Waals surface area contributed by atoms with Gasteiger partial charge in [-0.25, -0.2) is 4.98 Å². The lowest BCUT2D eigenvalue weighted by atomic mass is 9.99. The number of rotatable bonds is 4. The van der Waals surface area contributed by atoms with Crippen LogP contribution in [-0.2, 0) is 11.3 Å². The second kappa shape index (κ2) is 7.96. The highest BCUT2D eigenvalue weighted by atomic mass is 35.5. The van der Waals surface area contributed by atoms with Gasteiger partial charge in [0.05, 0.1) is 13.0 Å². The number of piperidine rings is 1. The van der Waals surface area contributed by atoms with Gasteiger partial charge in [-0.2, -0.15) is 0 Å². The highest BCUT2D eigenvalue weighted by Gasteiger charge is 2.20. The summed E-state index contributed by atoms with van der Waals surface area (Å²) < 4.78 is 4.98. The molecule has 0 radical (unpaired) electrons. The molecule has 1 aliphatic rings. The number of hydrogen-bond acceptors (Lipinski definition) is 4. The Labute approximate surface area is 119 Å². The molecule has 19 heavy (non-hydrogen) atoms. The zero-order valence-electron chi connectivity index (χ0n) is 11.0. The molecule has 1 saturated heterocycles. The van der Waals surface area contributed by atoms with Crippen molar-refractivity contribution in [3.63, 3.8) is 0 Å². The van der Waals surface area contributed by atoms with E-state index in [0.717, 1.165) is 31.5 Å². The Kier molecular flexibility index (Phi) is 6.59. The maximum absolute atomic E-state index is 11.9. The third-order valence-corrected chi connectivity index (χ3v) is 3.14. The van der Waals surface area contributed by atoms with Crippen LogP contribution in [0.15, 0.2) is 18.3 Å². The molecule has 1 aromatic rings. The first kappa shape index (κ1) is 15.7. The fourth-order valence-corrected chi connectivity index (χ4v) is 2.05. The van der Waals surface area contributed by atoms with Crippen molar-refractivity contribution in [2.75, 3.05) is 20.2 Å². The first-order chi connectivity index (χ1) is 8.79. The Morgan fingerprint density at radius 1 is 1.58 bits per heavy atom. The molecular weight excluding hydrogens is 266 g/mol. The number of amides is 1. The molecular formula is C13H20ClN3O2. The van der Waals surface area contributed by atoms with Crippen LogP contribution in [0.4, 0.5) is 0 Å². The van der Waals surface area contributed by atoms with E-state index in [9.17, 15) is 4.79 Å². The van der Waals surface area contributed by atoms with E-state index in [1.807, 2.05) is 6.07 Å². The Hall–Kier alpha value is -1.33. The average molecular weight is 286 g/mol. The van der Waals surface area contributed by atoms with Gasteiger partial charge in [-0.15, -0.1) is 12.4 Å². The third-order valence-electron chi connectivity index (χ3n) is 3.14. The minimum Gasteiger partial charge on any atom is -0.481 e. The van der Waals surface area contributed by atoms with Gasteiger partial charge in [-0.1, -0.05) is 6.07 Å². The molecule has 0 bridgehead atoms. The lowest BCUT2D eigenvalue weighted by molar-refractivity contribution is -0.125. The zero-order chi connectivity index (χ0) is 12.8. The topological polar surface area (TPSA) is 63.2 Å². The summed E-state index contributed by atoms with van der Waals surface area (Å²) in [5.41, 5.74) is 0.980. The van der Waals surface area contributed by atoms with E-state index in [-0.39, 0.29) is 24.2 Å². The number of nitrogens with zero attached hydrogens (tertiary/aromatic N) is 1. The van der Waals surface area contributed by atoms with Crippen molar-refractivity contribution in [3.05, 3.63) is 23.9 Å². The van der Waals surface area contributed by atoms with Crippen LogP contribution in [0, 0.1) is 5.92 Å². The molecule has 6 heteroatoms. The van der Waals surface area contributed by atoms with Gasteiger partial charge in [0.2, 0.25) is 11.8 Å². The first-order valence-electron chi connectivity index (χ1n) is 6.27. The van der Waals surface area contributed by atoms with Crippen LogP contribution in [-0.4, -0.2) is 31.1 Å². The Morgan fingerprint density at radius 3 is 3.00 bits per heavy atom. The summed E-state index contributed by atoms with van der Waals surface area (Å²) in [4.78, 5) is 16.0. The Bertz CT molecular complexity index is 391. The first-order valence-corrected chi connectivity index (χ1v) is 6.27. The molecule has 2 heterocycles. The molecule has 1 fully saturated rings. The van der Waals surface area contributed by atoms with E-state index < -0.39 is 0 Å². The monoisotopic (exact) mass is 285 g/mol. The van der Waals surface area contributed by atoms with Crippen molar-refractivity contribution in [1.82, 2.24) is 15.6 Å². The highest BCUT2D eigenvalue weighted by Crippen LogP contribution is 2.10. The molecule has 0 aromatic carbocycles. The molecule has 0 aliphatic carbocycles. The third kappa shape index (κ3) is 4.69. The molecule has 1 atom stereocenters. The molecule has 0 saturated carbocycles. The van der Waals surface area contributed by atoms with Crippen LogP contribution in [0.25, 0.3) is 0 Å². The van der Waals surface area contributed by atoms with Crippen molar-refractivity contribution in [1.29, 1.82) is 0 Å². The molecule has 1 amide bonds. The van der Waals surface area contributed by atoms with E-state index in [1.165, 1.54) is 0 Å². The maximum Gasteiger partial charge on any atom is 0.224 e. The number of pyridine rings is 1. The molecule has 0 spiro atoms. The van der Waals surface area contributed by atoms with Crippen LogP contribution in [0.5, 0.6) is 5.88 Å². The van der Waals surface area contributed by atoms with Crippen molar-refractivity contribution in [2.45, 2.75) is 19.4 Å². The lowest BCUT2D eigenvalue weighted by Crippen LogP contribution is -2.40. The van der Waals surface area contributed by atoms with Crippen LogP contribution in [0.2, 0.25) is 0 Å². The van der Waals surface area contributed by atoms with Crippen LogP contribution < -0.4 is 15.4 Å². The second-order valence-corrected chi connectivity index (χ2v) is 4.47. The van der Waals surface area contributed by atoms with Gasteiger partial charge >= 0.3 is 0 Å². The second-order valence-electron chi connectivity index (χ2n) is 4.47. The Balaban J connectivity index is 0.00000180. The van der Waals surface area contributed by atoms with Gasteiger partial charge in [0.1, 0.15) is 0 Å². The fourth-order valence-electron chi connectivity index (χ4n) is 2.05. The highest BCUT2D eigenvalue weighted by molar-refractivity contribution is 5.85. The lowest BCUT2D eigenvalue weighted by Gasteiger charge is -2.21. The summed E-state index contributed by atoms with van der Waals surface area (Å²) in [5, 5.41) is 6.19. The van der Waals surface area contributed by atoms with E-state index >= 15 is 0 Å². The summed E-state index contributed by atoms with van der Waals surface area (Å²) in [5.74, 6) is 0.810. The largest absolute Gasteiger partial charge is 0.481 e. The van der Waals surface area contributed by atoms with Crippen molar-refractivity contribution < 1.29 is 9.53 Å². The molecule has 1 aromatic heterocycles. The summed E-state index contributed by atoms with van der Waals surface area (Å²) in [7, 11) is 1.58.